The van der Waals surface area contributed by atoms with Gasteiger partial charge in [0.1, 0.15) is 11.6 Å². The van der Waals surface area contributed by atoms with E-state index in [0.29, 0.717) is 24.6 Å². The van der Waals surface area contributed by atoms with Gasteiger partial charge in [-0.3, -0.25) is 4.79 Å². The van der Waals surface area contributed by atoms with E-state index < -0.39 is 0 Å². The molecule has 134 valence electrons. The van der Waals surface area contributed by atoms with Crippen molar-refractivity contribution >= 4 is 11.7 Å². The van der Waals surface area contributed by atoms with Crippen LogP contribution in [0.15, 0.2) is 30.3 Å². The Morgan fingerprint density at radius 3 is 2.28 bits per heavy atom. The second-order valence-corrected chi connectivity index (χ2v) is 6.76. The normalized spacial score (nSPS) is 11.0. The van der Waals surface area contributed by atoms with E-state index in [1.165, 1.54) is 0 Å². The zero-order chi connectivity index (χ0) is 18.4. The summed E-state index contributed by atoms with van der Waals surface area (Å²) in [6, 6.07) is 9.64. The number of carbonyl (C=O) groups excluding carboxylic acids is 1. The van der Waals surface area contributed by atoms with Crippen molar-refractivity contribution in [1.82, 2.24) is 15.3 Å². The molecular formula is C20H28N4O. The highest BCUT2D eigenvalue weighted by Gasteiger charge is 2.10. The van der Waals surface area contributed by atoms with Gasteiger partial charge in [0.2, 0.25) is 0 Å². The summed E-state index contributed by atoms with van der Waals surface area (Å²) in [5.41, 5.74) is 2.83. The standard InChI is InChI=1S/C20H28N4O/c1-6-21-20(25)16-9-7-15(8-10-16)12-22-18-11-17(13(2)3)23-19(24-18)14(4)5/h7-11,13-14H,6,12H2,1-5H3,(H,21,25)(H,22,23,24). The Kier molecular flexibility index (Phi) is 6.51. The number of hydrogen-bond donors (Lipinski definition) is 2. The predicted octanol–water partition coefficient (Wildman–Crippen LogP) is 4.09. The zero-order valence-electron chi connectivity index (χ0n) is 15.8. The third kappa shape index (κ3) is 5.28. The molecule has 0 radical (unpaired) electrons. The number of rotatable bonds is 7. The van der Waals surface area contributed by atoms with Gasteiger partial charge in [-0.2, -0.15) is 0 Å². The highest BCUT2D eigenvalue weighted by Crippen LogP contribution is 2.20. The number of amides is 1. The molecule has 0 saturated carbocycles. The van der Waals surface area contributed by atoms with E-state index in [9.17, 15) is 4.79 Å². The van der Waals surface area contributed by atoms with Gasteiger partial charge in [0.15, 0.2) is 0 Å². The minimum atomic E-state index is -0.0408. The van der Waals surface area contributed by atoms with Gasteiger partial charge < -0.3 is 10.6 Å². The zero-order valence-corrected chi connectivity index (χ0v) is 15.8. The van der Waals surface area contributed by atoms with Gasteiger partial charge in [-0.25, -0.2) is 9.97 Å². The van der Waals surface area contributed by atoms with E-state index in [0.717, 1.165) is 22.9 Å². The van der Waals surface area contributed by atoms with Crippen molar-refractivity contribution in [2.24, 2.45) is 0 Å². The summed E-state index contributed by atoms with van der Waals surface area (Å²) in [5.74, 6) is 2.31. The molecule has 2 N–H and O–H groups in total. The molecule has 1 aromatic heterocycles. The molecule has 2 rings (SSSR count). The summed E-state index contributed by atoms with van der Waals surface area (Å²) >= 11 is 0. The summed E-state index contributed by atoms with van der Waals surface area (Å²) in [6.45, 7) is 11.7. The second kappa shape index (κ2) is 8.60. The van der Waals surface area contributed by atoms with Crippen LogP contribution in [0.25, 0.3) is 0 Å². The van der Waals surface area contributed by atoms with Crippen molar-refractivity contribution < 1.29 is 4.79 Å². The van der Waals surface area contributed by atoms with Crippen LogP contribution in [0.4, 0.5) is 5.82 Å². The fourth-order valence-corrected chi connectivity index (χ4v) is 2.36. The Morgan fingerprint density at radius 1 is 1.04 bits per heavy atom. The SMILES string of the molecule is CCNC(=O)c1ccc(CNc2cc(C(C)C)nc(C(C)C)n2)cc1. The Labute approximate surface area is 150 Å². The molecule has 0 aliphatic carbocycles. The lowest BCUT2D eigenvalue weighted by Gasteiger charge is -2.13. The summed E-state index contributed by atoms with van der Waals surface area (Å²) in [6.07, 6.45) is 0. The average molecular weight is 340 g/mol. The third-order valence-electron chi connectivity index (χ3n) is 3.90. The van der Waals surface area contributed by atoms with Gasteiger partial charge in [0.05, 0.1) is 0 Å². The number of nitrogens with one attached hydrogen (secondary N) is 2. The van der Waals surface area contributed by atoms with Crippen molar-refractivity contribution in [1.29, 1.82) is 0 Å². The molecule has 0 saturated heterocycles. The van der Waals surface area contributed by atoms with Gasteiger partial charge in [-0.05, 0) is 30.5 Å². The summed E-state index contributed by atoms with van der Waals surface area (Å²) < 4.78 is 0. The molecule has 1 aromatic carbocycles. The maximum absolute atomic E-state index is 11.8. The van der Waals surface area contributed by atoms with Crippen LogP contribution in [0, 0.1) is 0 Å². The predicted molar refractivity (Wildman–Crippen MR) is 102 cm³/mol. The van der Waals surface area contributed by atoms with Crippen LogP contribution in [0.5, 0.6) is 0 Å². The van der Waals surface area contributed by atoms with E-state index in [1.54, 1.807) is 0 Å². The van der Waals surface area contributed by atoms with Gasteiger partial charge in [0.25, 0.3) is 5.91 Å². The molecule has 2 aromatic rings. The highest BCUT2D eigenvalue weighted by molar-refractivity contribution is 5.94. The number of anilines is 1. The van der Waals surface area contributed by atoms with Gasteiger partial charge in [0, 0.05) is 36.3 Å². The molecule has 5 nitrogen and oxygen atoms in total. The lowest BCUT2D eigenvalue weighted by atomic mass is 10.1. The quantitative estimate of drug-likeness (QED) is 0.797. The molecule has 1 heterocycles. The number of benzene rings is 1. The molecule has 5 heteroatoms. The van der Waals surface area contributed by atoms with Gasteiger partial charge in [-0.1, -0.05) is 39.8 Å². The number of aromatic nitrogens is 2. The van der Waals surface area contributed by atoms with Gasteiger partial charge in [-0.15, -0.1) is 0 Å². The van der Waals surface area contributed by atoms with Crippen LogP contribution in [0.2, 0.25) is 0 Å². The minimum absolute atomic E-state index is 0.0408. The van der Waals surface area contributed by atoms with Crippen molar-refractivity contribution in [3.63, 3.8) is 0 Å². The average Bonchev–Trinajstić information content (AvgIpc) is 2.60. The van der Waals surface area contributed by atoms with E-state index >= 15 is 0 Å². The van der Waals surface area contributed by atoms with Crippen LogP contribution < -0.4 is 10.6 Å². The Balaban J connectivity index is 2.09. The number of nitrogens with zero attached hydrogens (tertiary/aromatic N) is 2. The lowest BCUT2D eigenvalue weighted by Crippen LogP contribution is -2.22. The van der Waals surface area contributed by atoms with Crippen molar-refractivity contribution in [2.75, 3.05) is 11.9 Å². The first kappa shape index (κ1) is 18.9. The van der Waals surface area contributed by atoms with Crippen molar-refractivity contribution in [3.8, 4) is 0 Å². The first-order valence-corrected chi connectivity index (χ1v) is 8.90. The van der Waals surface area contributed by atoms with E-state index in [-0.39, 0.29) is 11.8 Å². The molecule has 0 atom stereocenters. The number of hydrogen-bond acceptors (Lipinski definition) is 4. The Bertz CT molecular complexity index is 682. The Hall–Kier alpha value is -2.43. The summed E-state index contributed by atoms with van der Waals surface area (Å²) in [4.78, 5) is 21.0. The monoisotopic (exact) mass is 340 g/mol. The van der Waals surface area contributed by atoms with Crippen LogP contribution in [0.1, 0.15) is 73.9 Å². The largest absolute Gasteiger partial charge is 0.366 e. The second-order valence-electron chi connectivity index (χ2n) is 6.76. The summed E-state index contributed by atoms with van der Waals surface area (Å²) in [5, 5.41) is 6.17. The van der Waals surface area contributed by atoms with Gasteiger partial charge >= 0.3 is 0 Å². The molecule has 0 bridgehead atoms. The third-order valence-corrected chi connectivity index (χ3v) is 3.90. The molecule has 25 heavy (non-hydrogen) atoms. The maximum Gasteiger partial charge on any atom is 0.251 e. The molecule has 1 amide bonds. The smallest absolute Gasteiger partial charge is 0.251 e. The van der Waals surface area contributed by atoms with Crippen LogP contribution in [-0.2, 0) is 6.54 Å². The Morgan fingerprint density at radius 2 is 1.72 bits per heavy atom. The number of carbonyl (C=O) groups is 1. The molecule has 0 spiro atoms. The maximum atomic E-state index is 11.8. The topological polar surface area (TPSA) is 66.9 Å². The van der Waals surface area contributed by atoms with Crippen LogP contribution in [-0.4, -0.2) is 22.4 Å². The fourth-order valence-electron chi connectivity index (χ4n) is 2.36. The first-order chi connectivity index (χ1) is 11.9. The van der Waals surface area contributed by atoms with E-state index in [1.807, 2.05) is 37.3 Å². The molecule has 0 aliphatic rings. The van der Waals surface area contributed by atoms with Crippen molar-refractivity contribution in [3.05, 3.63) is 53.0 Å². The molecule has 0 unspecified atom stereocenters. The summed E-state index contributed by atoms with van der Waals surface area (Å²) in [7, 11) is 0. The van der Waals surface area contributed by atoms with E-state index in [2.05, 4.69) is 48.3 Å². The fraction of sp³-hybridized carbons (Fsp3) is 0.450. The lowest BCUT2D eigenvalue weighted by molar-refractivity contribution is 0.0956. The molecular weight excluding hydrogens is 312 g/mol. The minimum Gasteiger partial charge on any atom is -0.366 e. The van der Waals surface area contributed by atoms with Crippen molar-refractivity contribution in [2.45, 2.75) is 53.0 Å². The first-order valence-electron chi connectivity index (χ1n) is 8.90. The highest BCUT2D eigenvalue weighted by atomic mass is 16.1. The van der Waals surface area contributed by atoms with E-state index in [4.69, 9.17) is 0 Å². The molecule has 0 aliphatic heterocycles. The van der Waals surface area contributed by atoms with Crippen LogP contribution in [0.3, 0.4) is 0 Å². The van der Waals surface area contributed by atoms with Crippen LogP contribution >= 0.6 is 0 Å². The molecule has 0 fully saturated rings.